The maximum absolute atomic E-state index is 12.3. The predicted molar refractivity (Wildman–Crippen MR) is 228 cm³/mol. The van der Waals surface area contributed by atoms with Crippen molar-refractivity contribution >= 4 is 29.3 Å². The fourth-order valence-corrected chi connectivity index (χ4v) is 10.6. The molecule has 2 aromatic carbocycles. The van der Waals surface area contributed by atoms with Crippen molar-refractivity contribution in [2.45, 2.75) is 147 Å². The van der Waals surface area contributed by atoms with Gasteiger partial charge >= 0.3 is 12.2 Å². The third-order valence-corrected chi connectivity index (χ3v) is 13.3. The van der Waals surface area contributed by atoms with Crippen LogP contribution < -0.4 is 10.2 Å². The lowest BCUT2D eigenvalue weighted by Gasteiger charge is -2.46. The van der Waals surface area contributed by atoms with Crippen molar-refractivity contribution in [1.29, 1.82) is 0 Å². The SMILES string of the molecule is CCNc1ccccc1.CCOC(=O)N1C2CCC1CC(N1CCC(=O)CC1)C2.CCOC(=O)N1C2CCC1CC(N1CCC(N(CC)c3ccccc3)CC1)C2. The van der Waals surface area contributed by atoms with E-state index in [1.54, 1.807) is 0 Å². The van der Waals surface area contributed by atoms with E-state index in [9.17, 15) is 14.4 Å². The molecule has 11 nitrogen and oxygen atoms in total. The fourth-order valence-electron chi connectivity index (χ4n) is 10.6. The van der Waals surface area contributed by atoms with E-state index in [1.165, 1.54) is 37.3 Å². The summed E-state index contributed by atoms with van der Waals surface area (Å²) < 4.78 is 10.5. The number of amides is 2. The monoisotopic (exact) mass is 787 g/mol. The van der Waals surface area contributed by atoms with Crippen LogP contribution in [0.1, 0.15) is 105 Å². The molecule has 6 aliphatic rings. The summed E-state index contributed by atoms with van der Waals surface area (Å²) in [4.78, 5) is 47.5. The second-order valence-electron chi connectivity index (χ2n) is 16.6. The highest BCUT2D eigenvalue weighted by Gasteiger charge is 2.47. The Morgan fingerprint density at radius 3 is 1.47 bits per heavy atom. The average Bonchev–Trinajstić information content (AvgIpc) is 3.67. The molecular weight excluding hydrogens is 717 g/mol. The van der Waals surface area contributed by atoms with E-state index >= 15 is 0 Å². The van der Waals surface area contributed by atoms with Gasteiger partial charge in [0, 0.05) is 106 Å². The third kappa shape index (κ3) is 11.0. The number of hydrogen-bond donors (Lipinski definition) is 1. The lowest BCUT2D eigenvalue weighted by Crippen LogP contribution is -2.55. The standard InChI is InChI=1S/C23H35N3O2.C15H24N2O3.C8H11N/c1-3-25(18-8-6-5-7-9-18)19-12-14-24(15-13-19)22-16-20-10-11-21(17-22)26(20)23(27)28-4-2;1-2-20-15(19)17-11-3-4-12(17)10-13(9-11)16-7-5-14(18)6-8-16;1-2-9-8-6-4-3-5-7-8/h5-9,19-22H,3-4,10-17H2,1-2H3;11-13H,2-10H2,1H3;3-7,9H,2H2,1H3. The number of Topliss-reactive ketones (excluding diaryl/α,β-unsaturated/α-hetero) is 1. The Morgan fingerprint density at radius 2 is 1.05 bits per heavy atom. The summed E-state index contributed by atoms with van der Waals surface area (Å²) in [6.07, 6.45) is 12.5. The van der Waals surface area contributed by atoms with E-state index in [4.69, 9.17) is 9.47 Å². The molecule has 0 aliphatic carbocycles. The van der Waals surface area contributed by atoms with Crippen molar-refractivity contribution in [1.82, 2.24) is 19.6 Å². The number of ether oxygens (including phenoxy) is 2. The van der Waals surface area contributed by atoms with Gasteiger partial charge in [0.15, 0.2) is 0 Å². The smallest absolute Gasteiger partial charge is 0.410 e. The predicted octanol–water partition coefficient (Wildman–Crippen LogP) is 8.05. The minimum Gasteiger partial charge on any atom is -0.450 e. The topological polar surface area (TPSA) is 97.9 Å². The summed E-state index contributed by atoms with van der Waals surface area (Å²) in [5, 5.41) is 3.21. The number of fused-ring (bicyclic) bond motifs is 4. The molecule has 6 fully saturated rings. The van der Waals surface area contributed by atoms with Crippen molar-refractivity contribution in [2.75, 3.05) is 62.7 Å². The molecule has 1 N–H and O–H groups in total. The van der Waals surface area contributed by atoms with Crippen LogP contribution in [0.15, 0.2) is 60.7 Å². The number of hydrogen-bond acceptors (Lipinski definition) is 9. The van der Waals surface area contributed by atoms with Crippen LogP contribution in [0.25, 0.3) is 0 Å². The second-order valence-corrected chi connectivity index (χ2v) is 16.6. The first-order chi connectivity index (χ1) is 27.8. The molecular formula is C46H70N6O5. The number of nitrogens with one attached hydrogen (secondary N) is 1. The van der Waals surface area contributed by atoms with Crippen LogP contribution in [0.2, 0.25) is 0 Å². The molecule has 0 saturated carbocycles. The van der Waals surface area contributed by atoms with E-state index in [0.717, 1.165) is 77.5 Å². The molecule has 4 bridgehead atoms. The highest BCUT2D eigenvalue weighted by molar-refractivity contribution is 5.79. The molecule has 57 heavy (non-hydrogen) atoms. The maximum atomic E-state index is 12.3. The molecule has 0 spiro atoms. The average molecular weight is 787 g/mol. The number of anilines is 2. The number of carbonyl (C=O) groups excluding carboxylic acids is 3. The summed E-state index contributed by atoms with van der Waals surface area (Å²) in [6.45, 7) is 15.3. The molecule has 2 aromatic rings. The van der Waals surface area contributed by atoms with Gasteiger partial charge in [-0.05, 0) is 116 Å². The highest BCUT2D eigenvalue weighted by Crippen LogP contribution is 2.40. The molecule has 4 unspecified atom stereocenters. The number of benzene rings is 2. The van der Waals surface area contributed by atoms with Gasteiger partial charge in [0.2, 0.25) is 0 Å². The van der Waals surface area contributed by atoms with Gasteiger partial charge in [-0.1, -0.05) is 36.4 Å². The van der Waals surface area contributed by atoms with Crippen LogP contribution in [0.5, 0.6) is 0 Å². The number of nitrogens with zero attached hydrogens (tertiary/aromatic N) is 5. The Morgan fingerprint density at radius 1 is 0.614 bits per heavy atom. The van der Waals surface area contributed by atoms with Crippen molar-refractivity contribution < 1.29 is 23.9 Å². The van der Waals surface area contributed by atoms with Gasteiger partial charge in [0.05, 0.1) is 13.2 Å². The quantitative estimate of drug-likeness (QED) is 0.271. The van der Waals surface area contributed by atoms with Crippen molar-refractivity contribution in [3.63, 3.8) is 0 Å². The summed E-state index contributed by atoms with van der Waals surface area (Å²) in [5.41, 5.74) is 2.55. The zero-order chi connectivity index (χ0) is 40.1. The maximum Gasteiger partial charge on any atom is 0.410 e. The molecule has 6 heterocycles. The van der Waals surface area contributed by atoms with E-state index < -0.39 is 0 Å². The highest BCUT2D eigenvalue weighted by atomic mass is 16.6. The van der Waals surface area contributed by atoms with E-state index in [0.29, 0.717) is 74.1 Å². The fraction of sp³-hybridized carbons (Fsp3) is 0.674. The van der Waals surface area contributed by atoms with Crippen molar-refractivity contribution in [2.24, 2.45) is 0 Å². The largest absolute Gasteiger partial charge is 0.450 e. The zero-order valence-electron chi connectivity index (χ0n) is 35.2. The Labute approximate surface area is 342 Å². The number of para-hydroxylation sites is 2. The molecule has 314 valence electrons. The van der Waals surface area contributed by atoms with Gasteiger partial charge in [-0.2, -0.15) is 0 Å². The molecule has 6 saturated heterocycles. The molecule has 0 aromatic heterocycles. The summed E-state index contributed by atoms with van der Waals surface area (Å²) in [7, 11) is 0. The normalized spacial score (nSPS) is 27.4. The number of likely N-dealkylation sites (tertiary alicyclic amines) is 2. The Balaban J connectivity index is 0.000000164. The lowest BCUT2D eigenvalue weighted by atomic mass is 9.93. The number of carbonyl (C=O) groups is 3. The Bertz CT molecular complexity index is 1500. The van der Waals surface area contributed by atoms with Crippen LogP contribution in [0.4, 0.5) is 21.0 Å². The molecule has 4 atom stereocenters. The minimum atomic E-state index is -0.132. The Hall–Kier alpha value is -3.83. The van der Waals surface area contributed by atoms with E-state index in [-0.39, 0.29) is 12.2 Å². The first kappa shape index (κ1) is 42.8. The first-order valence-electron chi connectivity index (χ1n) is 22.3. The molecule has 2 amide bonds. The molecule has 0 radical (unpaired) electrons. The summed E-state index contributed by atoms with van der Waals surface area (Å²) in [5.74, 6) is 0.396. The lowest BCUT2D eigenvalue weighted by molar-refractivity contribution is -0.122. The molecule has 8 rings (SSSR count). The van der Waals surface area contributed by atoms with Crippen LogP contribution in [-0.4, -0.2) is 132 Å². The van der Waals surface area contributed by atoms with Crippen LogP contribution in [-0.2, 0) is 14.3 Å². The molecule has 11 heteroatoms. The molecule has 6 aliphatic heterocycles. The minimum absolute atomic E-state index is 0.0893. The van der Waals surface area contributed by atoms with Crippen LogP contribution in [0.3, 0.4) is 0 Å². The van der Waals surface area contributed by atoms with Crippen molar-refractivity contribution in [3.05, 3.63) is 60.7 Å². The van der Waals surface area contributed by atoms with Gasteiger partial charge in [0.1, 0.15) is 5.78 Å². The summed E-state index contributed by atoms with van der Waals surface area (Å²) in [6, 6.07) is 24.3. The number of rotatable bonds is 9. The second kappa shape index (κ2) is 21.3. The summed E-state index contributed by atoms with van der Waals surface area (Å²) >= 11 is 0. The Kier molecular flexibility index (Phi) is 15.9. The zero-order valence-corrected chi connectivity index (χ0v) is 35.2. The van der Waals surface area contributed by atoms with Gasteiger partial charge in [-0.25, -0.2) is 9.59 Å². The van der Waals surface area contributed by atoms with Crippen molar-refractivity contribution in [3.8, 4) is 0 Å². The van der Waals surface area contributed by atoms with E-state index in [2.05, 4.69) is 81.2 Å². The van der Waals surface area contributed by atoms with E-state index in [1.807, 2.05) is 36.9 Å². The van der Waals surface area contributed by atoms with Gasteiger partial charge in [-0.3, -0.25) is 9.69 Å². The number of ketones is 1. The van der Waals surface area contributed by atoms with Crippen LogP contribution >= 0.6 is 0 Å². The third-order valence-electron chi connectivity index (χ3n) is 13.3. The number of piperidine rings is 4. The first-order valence-corrected chi connectivity index (χ1v) is 22.3. The van der Waals surface area contributed by atoms with Gasteiger partial charge in [-0.15, -0.1) is 0 Å². The van der Waals surface area contributed by atoms with Crippen LogP contribution in [0, 0.1) is 0 Å². The van der Waals surface area contributed by atoms with Gasteiger partial charge in [0.25, 0.3) is 0 Å². The van der Waals surface area contributed by atoms with Gasteiger partial charge < -0.3 is 34.4 Å².